The van der Waals surface area contributed by atoms with E-state index in [4.69, 9.17) is 4.42 Å². The molecule has 9 nitrogen and oxygen atoms in total. The molecule has 35 heavy (non-hydrogen) atoms. The van der Waals surface area contributed by atoms with Crippen molar-refractivity contribution >= 4 is 33.4 Å². The molecule has 1 aliphatic rings. The lowest BCUT2D eigenvalue weighted by atomic mass is 9.97. The van der Waals surface area contributed by atoms with Gasteiger partial charge >= 0.3 is 5.69 Å². The number of thiophene rings is 1. The van der Waals surface area contributed by atoms with Crippen LogP contribution in [0.15, 0.2) is 55.5 Å². The largest absolute Gasteiger partial charge is 0.467 e. The zero-order valence-corrected chi connectivity index (χ0v) is 20.4. The van der Waals surface area contributed by atoms with E-state index in [1.165, 1.54) is 40.6 Å². The van der Waals surface area contributed by atoms with Gasteiger partial charge in [0.1, 0.15) is 17.0 Å². The summed E-state index contributed by atoms with van der Waals surface area (Å²) in [6.45, 7) is 0.746. The molecule has 3 aromatic rings. The second kappa shape index (κ2) is 11.8. The van der Waals surface area contributed by atoms with Crippen molar-refractivity contribution in [3.05, 3.63) is 68.1 Å². The van der Waals surface area contributed by atoms with Gasteiger partial charge in [0.05, 0.1) is 18.3 Å². The van der Waals surface area contributed by atoms with Gasteiger partial charge < -0.3 is 15.1 Å². The zero-order chi connectivity index (χ0) is 24.6. The lowest BCUT2D eigenvalue weighted by Crippen LogP contribution is -2.42. The number of nitrogens with zero attached hydrogens (tertiary/aromatic N) is 2. The molecule has 0 aliphatic heterocycles. The first-order valence-corrected chi connectivity index (χ1v) is 12.9. The molecule has 0 saturated heterocycles. The summed E-state index contributed by atoms with van der Waals surface area (Å²) in [7, 11) is 0. The van der Waals surface area contributed by atoms with Crippen molar-refractivity contribution in [1.29, 1.82) is 0 Å². The van der Waals surface area contributed by atoms with Crippen LogP contribution in [0.3, 0.4) is 0 Å². The molecule has 0 fully saturated rings. The molecule has 4 rings (SSSR count). The van der Waals surface area contributed by atoms with Crippen LogP contribution in [0.2, 0.25) is 0 Å². The van der Waals surface area contributed by atoms with Crippen molar-refractivity contribution in [3.63, 3.8) is 0 Å². The molecule has 0 atom stereocenters. The molecule has 1 aliphatic carbocycles. The van der Waals surface area contributed by atoms with Crippen molar-refractivity contribution in [3.8, 4) is 0 Å². The Kier molecular flexibility index (Phi) is 8.36. The fourth-order valence-corrected chi connectivity index (χ4v) is 5.10. The number of furan rings is 1. The Morgan fingerprint density at radius 1 is 1.09 bits per heavy atom. The third kappa shape index (κ3) is 6.39. The fraction of sp³-hybridized carbons (Fsp3) is 0.440. The zero-order valence-electron chi connectivity index (χ0n) is 19.6. The van der Waals surface area contributed by atoms with Crippen LogP contribution in [0.25, 0.3) is 10.2 Å². The summed E-state index contributed by atoms with van der Waals surface area (Å²) in [5.41, 5.74) is 0.900. The maximum atomic E-state index is 13.1. The number of amides is 2. The van der Waals surface area contributed by atoms with Crippen molar-refractivity contribution < 1.29 is 14.0 Å². The molecule has 0 bridgehead atoms. The highest BCUT2D eigenvalue weighted by molar-refractivity contribution is 7.17. The molecule has 10 heteroatoms. The summed E-state index contributed by atoms with van der Waals surface area (Å²) in [4.78, 5) is 50.8. The minimum atomic E-state index is -0.540. The molecule has 0 radical (unpaired) electrons. The van der Waals surface area contributed by atoms with Crippen LogP contribution in [0.1, 0.15) is 50.7 Å². The number of aromatic nitrogens is 2. The van der Waals surface area contributed by atoms with Crippen LogP contribution < -0.4 is 21.9 Å². The number of allylic oxidation sites excluding steroid dienone is 1. The summed E-state index contributed by atoms with van der Waals surface area (Å²) < 4.78 is 8.08. The van der Waals surface area contributed by atoms with Crippen LogP contribution in [0.5, 0.6) is 0 Å². The monoisotopic (exact) mass is 498 g/mol. The minimum absolute atomic E-state index is 0.0927. The first-order chi connectivity index (χ1) is 17.0. The SMILES string of the molecule is O=C(CCCn1c(=O)c2sccc2n(CC(=O)NCCC2=CCCCC2)c1=O)NCc1ccco1. The van der Waals surface area contributed by atoms with E-state index in [0.29, 0.717) is 28.9 Å². The van der Waals surface area contributed by atoms with Crippen molar-refractivity contribution in [2.24, 2.45) is 0 Å². The minimum Gasteiger partial charge on any atom is -0.467 e. The number of nitrogens with one attached hydrogen (secondary N) is 2. The topological polar surface area (TPSA) is 115 Å². The van der Waals surface area contributed by atoms with E-state index >= 15 is 0 Å². The summed E-state index contributed by atoms with van der Waals surface area (Å²) in [6, 6.07) is 5.20. The molecule has 0 spiro atoms. The number of fused-ring (bicyclic) bond motifs is 1. The summed E-state index contributed by atoms with van der Waals surface area (Å²) >= 11 is 1.24. The van der Waals surface area contributed by atoms with Gasteiger partial charge in [0.2, 0.25) is 11.8 Å². The highest BCUT2D eigenvalue weighted by Crippen LogP contribution is 2.19. The van der Waals surface area contributed by atoms with E-state index in [1.54, 1.807) is 23.6 Å². The molecule has 0 saturated carbocycles. The Bertz CT molecular complexity index is 1320. The molecule has 2 amide bonds. The normalized spacial score (nSPS) is 13.5. The molecular formula is C25H30N4O5S. The summed E-state index contributed by atoms with van der Waals surface area (Å²) in [6.07, 6.45) is 9.67. The molecule has 0 aromatic carbocycles. The Labute approximate surface area is 206 Å². The third-order valence-corrected chi connectivity index (χ3v) is 7.01. The van der Waals surface area contributed by atoms with Crippen LogP contribution in [0, 0.1) is 0 Å². The van der Waals surface area contributed by atoms with Gasteiger partial charge in [0.25, 0.3) is 5.56 Å². The highest BCUT2D eigenvalue weighted by atomic mass is 32.1. The molecule has 0 unspecified atom stereocenters. The van der Waals surface area contributed by atoms with Gasteiger partial charge in [-0.2, -0.15) is 0 Å². The molecule has 186 valence electrons. The maximum Gasteiger partial charge on any atom is 0.332 e. The number of rotatable bonds is 11. The Balaban J connectivity index is 1.38. The lowest BCUT2D eigenvalue weighted by Gasteiger charge is -2.14. The number of hydrogen-bond donors (Lipinski definition) is 2. The first kappa shape index (κ1) is 24.7. The van der Waals surface area contributed by atoms with Gasteiger partial charge in [-0.1, -0.05) is 11.6 Å². The summed E-state index contributed by atoms with van der Waals surface area (Å²) in [5.74, 6) is 0.187. The second-order valence-corrected chi connectivity index (χ2v) is 9.54. The van der Waals surface area contributed by atoms with E-state index in [2.05, 4.69) is 16.7 Å². The van der Waals surface area contributed by atoms with Crippen molar-refractivity contribution in [1.82, 2.24) is 19.8 Å². The highest BCUT2D eigenvalue weighted by Gasteiger charge is 2.17. The van der Waals surface area contributed by atoms with E-state index in [9.17, 15) is 19.2 Å². The maximum absolute atomic E-state index is 13.1. The second-order valence-electron chi connectivity index (χ2n) is 8.63. The third-order valence-electron chi connectivity index (χ3n) is 6.12. The van der Waals surface area contributed by atoms with Crippen LogP contribution >= 0.6 is 11.3 Å². The Hall–Kier alpha value is -3.40. The predicted octanol–water partition coefficient (Wildman–Crippen LogP) is 2.92. The van der Waals surface area contributed by atoms with Gasteiger partial charge in [-0.05, 0) is 62.1 Å². The molecule has 3 aromatic heterocycles. The predicted molar refractivity (Wildman–Crippen MR) is 134 cm³/mol. The number of carbonyl (C=O) groups is 2. The van der Waals surface area contributed by atoms with Crippen molar-refractivity contribution in [2.45, 2.75) is 64.6 Å². The van der Waals surface area contributed by atoms with E-state index < -0.39 is 11.2 Å². The van der Waals surface area contributed by atoms with Crippen LogP contribution in [-0.4, -0.2) is 27.5 Å². The van der Waals surface area contributed by atoms with Gasteiger partial charge in [0.15, 0.2) is 0 Å². The molecular weight excluding hydrogens is 468 g/mol. The van der Waals surface area contributed by atoms with E-state index in [0.717, 1.165) is 23.8 Å². The number of hydrogen-bond acceptors (Lipinski definition) is 6. The van der Waals surface area contributed by atoms with Crippen molar-refractivity contribution in [2.75, 3.05) is 6.54 Å². The number of carbonyl (C=O) groups excluding carboxylic acids is 2. The molecule has 2 N–H and O–H groups in total. The van der Waals surface area contributed by atoms with E-state index in [-0.39, 0.29) is 37.9 Å². The average molecular weight is 499 g/mol. The van der Waals surface area contributed by atoms with Crippen LogP contribution in [-0.2, 0) is 29.2 Å². The van der Waals surface area contributed by atoms with Crippen LogP contribution in [0.4, 0.5) is 0 Å². The quantitative estimate of drug-likeness (QED) is 0.395. The molecule has 3 heterocycles. The lowest BCUT2D eigenvalue weighted by molar-refractivity contribution is -0.122. The average Bonchev–Trinajstić information content (AvgIpc) is 3.56. The van der Waals surface area contributed by atoms with Gasteiger partial charge in [-0.3, -0.25) is 23.5 Å². The standard InChI is InChI=1S/C25H30N4O5S/c30-21(27-16-19-8-5-14-34-19)9-4-13-28-24(32)23-20(11-15-35-23)29(25(28)33)17-22(31)26-12-10-18-6-2-1-3-7-18/h5-6,8,11,14-15H,1-4,7,9-10,12-13,16-17H2,(H,26,31)(H,27,30). The van der Waals surface area contributed by atoms with Gasteiger partial charge in [0, 0.05) is 19.5 Å². The van der Waals surface area contributed by atoms with Gasteiger partial charge in [-0.15, -0.1) is 11.3 Å². The first-order valence-electron chi connectivity index (χ1n) is 12.0. The fourth-order valence-electron chi connectivity index (χ4n) is 4.26. The van der Waals surface area contributed by atoms with E-state index in [1.807, 2.05) is 0 Å². The Morgan fingerprint density at radius 3 is 2.74 bits per heavy atom. The Morgan fingerprint density at radius 2 is 1.97 bits per heavy atom. The summed E-state index contributed by atoms with van der Waals surface area (Å²) in [5, 5.41) is 7.38. The smallest absolute Gasteiger partial charge is 0.332 e. The van der Waals surface area contributed by atoms with Gasteiger partial charge in [-0.25, -0.2) is 4.79 Å².